The molecular formula is C13H16O5. The van der Waals surface area contributed by atoms with Gasteiger partial charge in [-0.05, 0) is 6.92 Å². The lowest BCUT2D eigenvalue weighted by atomic mass is 10.0. The van der Waals surface area contributed by atoms with Crippen LogP contribution in [0.1, 0.15) is 15.9 Å². The highest BCUT2D eigenvalue weighted by Gasteiger charge is 2.49. The number of hydrogen-bond acceptors (Lipinski definition) is 5. The summed E-state index contributed by atoms with van der Waals surface area (Å²) < 4.78 is 14.4. The minimum Gasteiger partial charge on any atom is -0.465 e. The van der Waals surface area contributed by atoms with Crippen LogP contribution in [0.5, 0.6) is 0 Å². The Balaban J connectivity index is 3.18. The highest BCUT2D eigenvalue weighted by molar-refractivity contribution is 6.14. The fourth-order valence-electron chi connectivity index (χ4n) is 1.56. The number of carbonyl (C=O) groups is 2. The summed E-state index contributed by atoms with van der Waals surface area (Å²) in [6.45, 7) is 1.90. The summed E-state index contributed by atoms with van der Waals surface area (Å²) in [7, 11) is 3.59. The number of carbonyl (C=O) groups excluding carboxylic acids is 2. The van der Waals surface area contributed by atoms with Crippen molar-refractivity contribution in [1.29, 1.82) is 0 Å². The van der Waals surface area contributed by atoms with Gasteiger partial charge in [0.15, 0.2) is 0 Å². The van der Waals surface area contributed by atoms with E-state index >= 15 is 0 Å². The zero-order chi connectivity index (χ0) is 13.8. The van der Waals surface area contributed by atoms with Gasteiger partial charge in [0, 0.05) is 19.8 Å². The number of aryl methyl sites for hydroxylation is 1. The molecule has 0 spiro atoms. The molecule has 0 aliphatic carbocycles. The Kier molecular flexibility index (Phi) is 4.58. The minimum atomic E-state index is -2.05. The third-order valence-corrected chi connectivity index (χ3v) is 2.64. The number of methoxy groups -OCH3 is 3. The Hall–Kier alpha value is -1.72. The van der Waals surface area contributed by atoms with Gasteiger partial charge < -0.3 is 14.2 Å². The van der Waals surface area contributed by atoms with Crippen LogP contribution in [-0.4, -0.2) is 38.9 Å². The van der Waals surface area contributed by atoms with Gasteiger partial charge in [-0.15, -0.1) is 0 Å². The van der Waals surface area contributed by atoms with Gasteiger partial charge in [-0.3, -0.25) is 4.79 Å². The highest BCUT2D eigenvalue weighted by atomic mass is 16.7. The lowest BCUT2D eigenvalue weighted by Gasteiger charge is -2.25. The van der Waals surface area contributed by atoms with Gasteiger partial charge >= 0.3 is 11.8 Å². The fourth-order valence-corrected chi connectivity index (χ4v) is 1.56. The van der Waals surface area contributed by atoms with Gasteiger partial charge in [0.25, 0.3) is 0 Å². The van der Waals surface area contributed by atoms with Crippen molar-refractivity contribution in [3.05, 3.63) is 35.4 Å². The number of hydrogen-bond donors (Lipinski definition) is 0. The summed E-state index contributed by atoms with van der Waals surface area (Å²) >= 11 is 0. The molecule has 98 valence electrons. The number of Topliss-reactive ketones (excluding diaryl/α,β-unsaturated/α-hetero) is 1. The van der Waals surface area contributed by atoms with Crippen molar-refractivity contribution in [1.82, 2.24) is 0 Å². The molecule has 0 N–H and O–H groups in total. The van der Waals surface area contributed by atoms with Crippen LogP contribution in [0, 0.1) is 6.92 Å². The third kappa shape index (κ3) is 2.42. The summed E-state index contributed by atoms with van der Waals surface area (Å²) in [6.07, 6.45) is 0. The third-order valence-electron chi connectivity index (χ3n) is 2.64. The van der Waals surface area contributed by atoms with E-state index in [-0.39, 0.29) is 0 Å². The number of ether oxygens (including phenoxy) is 3. The number of benzene rings is 1. The zero-order valence-corrected chi connectivity index (χ0v) is 10.9. The van der Waals surface area contributed by atoms with Gasteiger partial charge in [-0.1, -0.05) is 29.8 Å². The summed E-state index contributed by atoms with van der Waals surface area (Å²) in [4.78, 5) is 24.0. The molecule has 0 saturated carbocycles. The van der Waals surface area contributed by atoms with Crippen molar-refractivity contribution < 1.29 is 23.8 Å². The quantitative estimate of drug-likeness (QED) is 0.342. The maximum absolute atomic E-state index is 12.3. The molecule has 0 aromatic heterocycles. The maximum atomic E-state index is 12.3. The average Bonchev–Trinajstić information content (AvgIpc) is 2.41. The second-order valence-corrected chi connectivity index (χ2v) is 3.71. The van der Waals surface area contributed by atoms with Crippen LogP contribution < -0.4 is 0 Å². The molecule has 0 bridgehead atoms. The molecule has 0 aliphatic heterocycles. The van der Waals surface area contributed by atoms with Crippen LogP contribution in [0.2, 0.25) is 0 Å². The van der Waals surface area contributed by atoms with Crippen molar-refractivity contribution in [2.24, 2.45) is 0 Å². The molecule has 1 aromatic rings. The lowest BCUT2D eigenvalue weighted by molar-refractivity contribution is -0.206. The molecule has 0 unspecified atom stereocenters. The van der Waals surface area contributed by atoms with E-state index in [0.717, 1.165) is 12.7 Å². The van der Waals surface area contributed by atoms with Gasteiger partial charge in [-0.2, -0.15) is 0 Å². The number of rotatable bonds is 5. The molecule has 0 radical (unpaired) electrons. The van der Waals surface area contributed by atoms with E-state index in [9.17, 15) is 9.59 Å². The molecule has 0 heterocycles. The topological polar surface area (TPSA) is 61.8 Å². The number of ketones is 1. The monoisotopic (exact) mass is 252 g/mol. The van der Waals surface area contributed by atoms with Crippen molar-refractivity contribution in [3.8, 4) is 0 Å². The first-order valence-electron chi connectivity index (χ1n) is 5.32. The van der Waals surface area contributed by atoms with E-state index in [1.165, 1.54) is 14.2 Å². The van der Waals surface area contributed by atoms with Gasteiger partial charge in [-0.25, -0.2) is 4.79 Å². The lowest BCUT2D eigenvalue weighted by Crippen LogP contribution is -2.50. The Morgan fingerprint density at radius 2 is 1.50 bits per heavy atom. The van der Waals surface area contributed by atoms with Crippen molar-refractivity contribution in [2.75, 3.05) is 21.3 Å². The van der Waals surface area contributed by atoms with Crippen LogP contribution >= 0.6 is 0 Å². The Morgan fingerprint density at radius 3 is 1.89 bits per heavy atom. The first kappa shape index (κ1) is 14.3. The highest BCUT2D eigenvalue weighted by Crippen LogP contribution is 2.20. The predicted molar refractivity (Wildman–Crippen MR) is 64.3 cm³/mol. The molecule has 1 rings (SSSR count). The molecule has 1 aromatic carbocycles. The van der Waals surface area contributed by atoms with Crippen LogP contribution in [0.25, 0.3) is 0 Å². The summed E-state index contributed by atoms with van der Waals surface area (Å²) in [6, 6.07) is 6.74. The normalized spacial score (nSPS) is 11.1. The van der Waals surface area contributed by atoms with Crippen molar-refractivity contribution in [3.63, 3.8) is 0 Å². The summed E-state index contributed by atoms with van der Waals surface area (Å²) in [5.74, 6) is -3.54. The summed E-state index contributed by atoms with van der Waals surface area (Å²) in [5.41, 5.74) is 1.32. The Bertz CT molecular complexity index is 431. The second-order valence-electron chi connectivity index (χ2n) is 3.71. The molecule has 0 fully saturated rings. The minimum absolute atomic E-state index is 0.315. The van der Waals surface area contributed by atoms with Crippen LogP contribution in [0.4, 0.5) is 0 Å². The van der Waals surface area contributed by atoms with E-state index in [1.807, 2.05) is 6.92 Å². The number of esters is 1. The van der Waals surface area contributed by atoms with E-state index in [1.54, 1.807) is 24.3 Å². The maximum Gasteiger partial charge on any atom is 0.375 e. The first-order valence-corrected chi connectivity index (χ1v) is 5.32. The molecule has 0 atom stereocenters. The average molecular weight is 252 g/mol. The van der Waals surface area contributed by atoms with E-state index in [4.69, 9.17) is 9.47 Å². The van der Waals surface area contributed by atoms with Gasteiger partial charge in [0.1, 0.15) is 0 Å². The van der Waals surface area contributed by atoms with Crippen LogP contribution in [-0.2, 0) is 19.0 Å². The molecule has 5 nitrogen and oxygen atoms in total. The van der Waals surface area contributed by atoms with Crippen molar-refractivity contribution >= 4 is 11.8 Å². The fraction of sp³-hybridized carbons (Fsp3) is 0.385. The standard InChI is InChI=1S/C13H16O5/c1-9-5-7-10(8-6-9)11(14)13(17-3,18-4)12(15)16-2/h5-8H,1-4H3. The van der Waals surface area contributed by atoms with Crippen LogP contribution in [0.3, 0.4) is 0 Å². The first-order chi connectivity index (χ1) is 8.51. The smallest absolute Gasteiger partial charge is 0.375 e. The van der Waals surface area contributed by atoms with Gasteiger partial charge in [0.2, 0.25) is 5.78 Å². The summed E-state index contributed by atoms with van der Waals surface area (Å²) in [5, 5.41) is 0. The largest absolute Gasteiger partial charge is 0.465 e. The zero-order valence-electron chi connectivity index (χ0n) is 10.9. The Morgan fingerprint density at radius 1 is 1.00 bits per heavy atom. The molecule has 18 heavy (non-hydrogen) atoms. The molecule has 0 saturated heterocycles. The van der Waals surface area contributed by atoms with E-state index < -0.39 is 17.5 Å². The van der Waals surface area contributed by atoms with Crippen molar-refractivity contribution in [2.45, 2.75) is 12.7 Å². The molecule has 0 aliphatic rings. The van der Waals surface area contributed by atoms with E-state index in [2.05, 4.69) is 4.74 Å². The molecule has 0 amide bonds. The van der Waals surface area contributed by atoms with Crippen LogP contribution in [0.15, 0.2) is 24.3 Å². The molecule has 5 heteroatoms. The SMILES string of the molecule is COC(=O)C(OC)(OC)C(=O)c1ccc(C)cc1. The second kappa shape index (κ2) is 5.75. The molecular weight excluding hydrogens is 236 g/mol. The van der Waals surface area contributed by atoms with Gasteiger partial charge in [0.05, 0.1) is 7.11 Å². The predicted octanol–water partition coefficient (Wildman–Crippen LogP) is 1.34. The Labute approximate surface area is 106 Å². The van der Waals surface area contributed by atoms with E-state index in [0.29, 0.717) is 5.56 Å².